The minimum absolute atomic E-state index is 0.0803. The third kappa shape index (κ3) is 6.49. The molecule has 0 atom stereocenters. The van der Waals surface area contributed by atoms with Gasteiger partial charge in [0.2, 0.25) is 0 Å². The van der Waals surface area contributed by atoms with Crippen molar-refractivity contribution in [2.24, 2.45) is 0 Å². The van der Waals surface area contributed by atoms with Gasteiger partial charge >= 0.3 is 5.97 Å². The van der Waals surface area contributed by atoms with Crippen molar-refractivity contribution in [1.82, 2.24) is 0 Å². The second kappa shape index (κ2) is 11.9. The van der Waals surface area contributed by atoms with E-state index in [1.165, 1.54) is 22.6 Å². The summed E-state index contributed by atoms with van der Waals surface area (Å²) in [5.74, 6) is 0.515. The van der Waals surface area contributed by atoms with Gasteiger partial charge in [0.15, 0.2) is 15.8 Å². The summed E-state index contributed by atoms with van der Waals surface area (Å²) >= 11 is 6.57. The highest BCUT2D eigenvalue weighted by molar-refractivity contribution is 8.27. The van der Waals surface area contributed by atoms with Crippen molar-refractivity contribution in [3.05, 3.63) is 88.3 Å². The third-order valence-corrected chi connectivity index (χ3v) is 6.64. The summed E-state index contributed by atoms with van der Waals surface area (Å²) < 4.78 is 17.7. The van der Waals surface area contributed by atoms with Crippen molar-refractivity contribution in [2.75, 3.05) is 24.7 Å². The largest absolute Gasteiger partial charge is 0.490 e. The van der Waals surface area contributed by atoms with Crippen LogP contribution < -0.4 is 19.1 Å². The molecule has 3 aromatic rings. The van der Waals surface area contributed by atoms with Crippen LogP contribution >= 0.6 is 24.0 Å². The van der Waals surface area contributed by atoms with Crippen molar-refractivity contribution in [2.45, 2.75) is 13.8 Å². The van der Waals surface area contributed by atoms with Crippen LogP contribution in [0, 0.1) is 6.92 Å². The van der Waals surface area contributed by atoms with Crippen LogP contribution in [-0.2, 0) is 4.79 Å². The molecule has 190 valence electrons. The zero-order chi connectivity index (χ0) is 26.4. The molecule has 4 rings (SSSR count). The summed E-state index contributed by atoms with van der Waals surface area (Å²) in [6, 6.07) is 19.4. The molecule has 37 heavy (non-hydrogen) atoms. The number of aryl methyl sites for hydroxylation is 1. The Morgan fingerprint density at radius 2 is 1.76 bits per heavy atom. The number of carbonyl (C=O) groups excluding carboxylic acids is 1. The Labute approximate surface area is 224 Å². The molecule has 0 spiro atoms. The molecule has 0 bridgehead atoms. The maximum absolute atomic E-state index is 13.1. The SMILES string of the molecule is CCOc1cc(/C=C2\SC(=S)N(c3cccc(C(=O)O)c3)C2=O)ccc1OCCOc1ccc(C)cc1. The number of carboxylic acid groups (broad SMARTS) is 1. The predicted molar refractivity (Wildman–Crippen MR) is 149 cm³/mol. The quantitative estimate of drug-likeness (QED) is 0.194. The van der Waals surface area contributed by atoms with Gasteiger partial charge in [0, 0.05) is 0 Å². The van der Waals surface area contributed by atoms with E-state index in [1.807, 2.05) is 44.2 Å². The van der Waals surface area contributed by atoms with Crippen molar-refractivity contribution in [1.29, 1.82) is 0 Å². The van der Waals surface area contributed by atoms with Gasteiger partial charge in [0.25, 0.3) is 5.91 Å². The summed E-state index contributed by atoms with van der Waals surface area (Å²) in [4.78, 5) is 26.2. The van der Waals surface area contributed by atoms with E-state index in [0.717, 1.165) is 23.1 Å². The standard InChI is InChI=1S/C28H25NO6S2/c1-3-33-24-15-19(9-12-23(24)35-14-13-34-22-10-7-18(2)8-11-22)16-25-26(30)29(28(36)37-25)21-6-4-5-20(17-21)27(31)32/h4-12,15-17H,3,13-14H2,1-2H3,(H,31,32)/b25-16-. The fraction of sp³-hybridized carbons (Fsp3) is 0.179. The number of hydrogen-bond acceptors (Lipinski definition) is 7. The highest BCUT2D eigenvalue weighted by Crippen LogP contribution is 2.37. The van der Waals surface area contributed by atoms with E-state index in [4.69, 9.17) is 26.4 Å². The summed E-state index contributed by atoms with van der Waals surface area (Å²) in [5, 5.41) is 9.27. The first kappa shape index (κ1) is 26.2. The van der Waals surface area contributed by atoms with Crippen LogP contribution in [0.5, 0.6) is 17.2 Å². The lowest BCUT2D eigenvalue weighted by molar-refractivity contribution is -0.113. The smallest absolute Gasteiger partial charge is 0.335 e. The number of benzene rings is 3. The lowest BCUT2D eigenvalue weighted by Gasteiger charge is -2.15. The van der Waals surface area contributed by atoms with E-state index >= 15 is 0 Å². The average Bonchev–Trinajstić information content (AvgIpc) is 3.16. The van der Waals surface area contributed by atoms with Gasteiger partial charge in [-0.1, -0.05) is 53.8 Å². The van der Waals surface area contributed by atoms with Gasteiger partial charge in [-0.3, -0.25) is 9.69 Å². The van der Waals surface area contributed by atoms with E-state index in [1.54, 1.807) is 30.3 Å². The lowest BCUT2D eigenvalue weighted by Crippen LogP contribution is -2.27. The van der Waals surface area contributed by atoms with E-state index in [0.29, 0.717) is 46.2 Å². The van der Waals surface area contributed by atoms with Gasteiger partial charge < -0.3 is 19.3 Å². The molecule has 1 fully saturated rings. The summed E-state index contributed by atoms with van der Waals surface area (Å²) in [6.07, 6.45) is 1.73. The molecule has 7 nitrogen and oxygen atoms in total. The van der Waals surface area contributed by atoms with Crippen LogP contribution in [0.15, 0.2) is 71.6 Å². The molecule has 0 radical (unpaired) electrons. The normalized spacial score (nSPS) is 14.2. The van der Waals surface area contributed by atoms with E-state index < -0.39 is 5.97 Å². The number of aromatic carboxylic acids is 1. The van der Waals surface area contributed by atoms with Crippen molar-refractivity contribution in [3.63, 3.8) is 0 Å². The molecule has 0 aromatic heterocycles. The van der Waals surface area contributed by atoms with Crippen molar-refractivity contribution in [3.8, 4) is 17.2 Å². The number of carboxylic acids is 1. The molecular weight excluding hydrogens is 510 g/mol. The van der Waals surface area contributed by atoms with Crippen LogP contribution in [0.2, 0.25) is 0 Å². The van der Waals surface area contributed by atoms with Gasteiger partial charge in [0.1, 0.15) is 19.0 Å². The number of hydrogen-bond donors (Lipinski definition) is 1. The van der Waals surface area contributed by atoms with Gasteiger partial charge in [-0.15, -0.1) is 0 Å². The van der Waals surface area contributed by atoms with Crippen molar-refractivity contribution < 1.29 is 28.9 Å². The molecule has 1 aliphatic rings. The Morgan fingerprint density at radius 3 is 2.49 bits per heavy atom. The molecule has 1 heterocycles. The Kier molecular flexibility index (Phi) is 8.47. The highest BCUT2D eigenvalue weighted by Gasteiger charge is 2.33. The summed E-state index contributed by atoms with van der Waals surface area (Å²) in [5.41, 5.74) is 2.40. The molecule has 0 saturated carbocycles. The number of thiocarbonyl (C=S) groups is 1. The van der Waals surface area contributed by atoms with Gasteiger partial charge in [-0.25, -0.2) is 4.79 Å². The van der Waals surface area contributed by atoms with Gasteiger partial charge in [-0.05, 0) is 68.0 Å². The minimum atomic E-state index is -1.07. The molecule has 0 aliphatic carbocycles. The number of rotatable bonds is 10. The van der Waals surface area contributed by atoms with Crippen LogP contribution in [0.3, 0.4) is 0 Å². The maximum Gasteiger partial charge on any atom is 0.335 e. The fourth-order valence-electron chi connectivity index (χ4n) is 3.57. The Balaban J connectivity index is 1.46. The average molecular weight is 536 g/mol. The fourth-order valence-corrected chi connectivity index (χ4v) is 4.87. The number of carbonyl (C=O) groups is 2. The van der Waals surface area contributed by atoms with Crippen LogP contribution in [0.1, 0.15) is 28.4 Å². The topological polar surface area (TPSA) is 85.3 Å². The second-order valence-electron chi connectivity index (χ2n) is 8.02. The second-order valence-corrected chi connectivity index (χ2v) is 9.70. The Hall–Kier alpha value is -3.82. The minimum Gasteiger partial charge on any atom is -0.490 e. The number of nitrogens with zero attached hydrogens (tertiary/aromatic N) is 1. The van der Waals surface area contributed by atoms with Crippen molar-refractivity contribution >= 4 is 51.9 Å². The highest BCUT2D eigenvalue weighted by atomic mass is 32.2. The van der Waals surface area contributed by atoms with E-state index in [9.17, 15) is 14.7 Å². The monoisotopic (exact) mass is 535 g/mol. The number of anilines is 1. The molecule has 3 aromatic carbocycles. The van der Waals surface area contributed by atoms with Gasteiger partial charge in [-0.2, -0.15) is 0 Å². The first-order chi connectivity index (χ1) is 17.9. The van der Waals surface area contributed by atoms with Crippen LogP contribution in [0.25, 0.3) is 6.08 Å². The molecule has 1 saturated heterocycles. The molecule has 1 N–H and O–H groups in total. The molecular formula is C28H25NO6S2. The first-order valence-electron chi connectivity index (χ1n) is 11.6. The molecule has 1 amide bonds. The van der Waals surface area contributed by atoms with E-state index in [-0.39, 0.29) is 11.5 Å². The third-order valence-electron chi connectivity index (χ3n) is 5.34. The summed E-state index contributed by atoms with van der Waals surface area (Å²) in [6.45, 7) is 5.06. The van der Waals surface area contributed by atoms with E-state index in [2.05, 4.69) is 0 Å². The predicted octanol–water partition coefficient (Wildman–Crippen LogP) is 5.96. The number of amides is 1. The van der Waals surface area contributed by atoms with Crippen LogP contribution in [-0.4, -0.2) is 41.1 Å². The zero-order valence-electron chi connectivity index (χ0n) is 20.3. The lowest BCUT2D eigenvalue weighted by atomic mass is 10.1. The summed E-state index contributed by atoms with van der Waals surface area (Å²) in [7, 11) is 0. The Bertz CT molecular complexity index is 1350. The van der Waals surface area contributed by atoms with Crippen LogP contribution in [0.4, 0.5) is 5.69 Å². The molecule has 1 aliphatic heterocycles. The maximum atomic E-state index is 13.1. The molecule has 0 unspecified atom stereocenters. The number of thioether (sulfide) groups is 1. The van der Waals surface area contributed by atoms with Gasteiger partial charge in [0.05, 0.1) is 22.8 Å². The Morgan fingerprint density at radius 1 is 1.00 bits per heavy atom. The first-order valence-corrected chi connectivity index (χ1v) is 12.8. The zero-order valence-corrected chi connectivity index (χ0v) is 21.9. The molecule has 9 heteroatoms. The number of ether oxygens (including phenoxy) is 3.